The first-order valence-electron chi connectivity index (χ1n) is 11.4. The summed E-state index contributed by atoms with van der Waals surface area (Å²) in [6.07, 6.45) is 2.50. The average molecular weight is 510 g/mol. The number of halogens is 3. The van der Waals surface area contributed by atoms with Crippen LogP contribution >= 0.6 is 0 Å². The van der Waals surface area contributed by atoms with Crippen molar-refractivity contribution in [3.05, 3.63) is 47.8 Å². The molecular weight excluding hydrogens is 483 g/mol. The first-order chi connectivity index (χ1) is 16.4. The number of likely N-dealkylation sites (tertiary alicyclic amines) is 1. The minimum absolute atomic E-state index is 0.0884. The number of alkyl halides is 2. The molecule has 188 valence electrons. The van der Waals surface area contributed by atoms with E-state index < -0.39 is 51.7 Å². The van der Waals surface area contributed by atoms with Crippen LogP contribution in [0.5, 0.6) is 5.88 Å². The number of carbonyl (C=O) groups is 1. The highest BCUT2D eigenvalue weighted by atomic mass is 32.2. The maximum Gasteiger partial charge on any atom is 0.283 e. The zero-order valence-electron chi connectivity index (χ0n) is 19.3. The summed E-state index contributed by atoms with van der Waals surface area (Å²) in [5, 5.41) is 0. The largest absolute Gasteiger partial charge is 0.481 e. The van der Waals surface area contributed by atoms with Crippen LogP contribution in [0.2, 0.25) is 0 Å². The Kier molecular flexibility index (Phi) is 5.63. The molecule has 0 spiro atoms. The van der Waals surface area contributed by atoms with Gasteiger partial charge in [0, 0.05) is 11.6 Å². The van der Waals surface area contributed by atoms with Crippen molar-refractivity contribution in [2.24, 2.45) is 11.3 Å². The van der Waals surface area contributed by atoms with Crippen molar-refractivity contribution in [1.82, 2.24) is 14.6 Å². The summed E-state index contributed by atoms with van der Waals surface area (Å²) < 4.78 is 76.9. The molecule has 0 radical (unpaired) electrons. The van der Waals surface area contributed by atoms with Crippen LogP contribution in [0.3, 0.4) is 0 Å². The summed E-state index contributed by atoms with van der Waals surface area (Å²) in [5.41, 5.74) is -0.0983. The van der Waals surface area contributed by atoms with Gasteiger partial charge in [0.1, 0.15) is 11.9 Å². The Morgan fingerprint density at radius 2 is 1.89 bits per heavy atom. The Morgan fingerprint density at radius 3 is 2.49 bits per heavy atom. The lowest BCUT2D eigenvalue weighted by Crippen LogP contribution is -2.62. The molecule has 0 unspecified atom stereocenters. The maximum atomic E-state index is 15.6. The van der Waals surface area contributed by atoms with E-state index in [9.17, 15) is 13.2 Å². The Hall–Kier alpha value is -2.66. The second-order valence-corrected chi connectivity index (χ2v) is 11.7. The van der Waals surface area contributed by atoms with E-state index in [1.165, 1.54) is 19.2 Å². The molecule has 7 nitrogen and oxygen atoms in total. The van der Waals surface area contributed by atoms with Crippen LogP contribution in [0.25, 0.3) is 11.3 Å². The Bertz CT molecular complexity index is 1270. The van der Waals surface area contributed by atoms with E-state index in [2.05, 4.69) is 4.98 Å². The lowest BCUT2D eigenvalue weighted by Gasteiger charge is -2.61. The second-order valence-electron chi connectivity index (χ2n) is 9.94. The van der Waals surface area contributed by atoms with Gasteiger partial charge in [0.2, 0.25) is 21.8 Å². The standard InChI is InChI=1S/C24H26F3N3O4S/c1-34-19-8-4-7-17(28-19)16-6-3-5-15(20(16)25)9-18-21(29-35(2,32)33)24(26,27)13-30(18)22(31)23-10-14(11-23)12-23/h3-8,14,18,21,29H,9-13H2,1-2H3/t14?,18-,21+,23?/m0/s1. The lowest BCUT2D eigenvalue weighted by molar-refractivity contribution is -0.178. The van der Waals surface area contributed by atoms with Gasteiger partial charge < -0.3 is 9.64 Å². The molecule has 3 aliphatic carbocycles. The molecule has 2 atom stereocenters. The van der Waals surface area contributed by atoms with E-state index in [1.807, 2.05) is 4.72 Å². The molecule has 35 heavy (non-hydrogen) atoms. The van der Waals surface area contributed by atoms with Crippen LogP contribution < -0.4 is 9.46 Å². The fourth-order valence-corrected chi connectivity index (χ4v) is 6.42. The molecular formula is C24H26F3N3O4S. The van der Waals surface area contributed by atoms with Crippen molar-refractivity contribution >= 4 is 15.9 Å². The quantitative estimate of drug-likeness (QED) is 0.620. The zero-order chi connectivity index (χ0) is 25.2. The molecule has 1 amide bonds. The number of methoxy groups -OCH3 is 1. The van der Waals surface area contributed by atoms with Crippen LogP contribution in [-0.2, 0) is 21.2 Å². The molecule has 6 rings (SSSR count). The molecule has 1 aromatic carbocycles. The smallest absolute Gasteiger partial charge is 0.283 e. The summed E-state index contributed by atoms with van der Waals surface area (Å²) >= 11 is 0. The van der Waals surface area contributed by atoms with Crippen molar-refractivity contribution < 1.29 is 31.1 Å². The predicted octanol–water partition coefficient (Wildman–Crippen LogP) is 3.00. The number of amides is 1. The molecule has 2 aromatic rings. The highest BCUT2D eigenvalue weighted by Gasteiger charge is 2.66. The van der Waals surface area contributed by atoms with Crippen molar-refractivity contribution in [1.29, 1.82) is 0 Å². The van der Waals surface area contributed by atoms with Crippen LogP contribution in [0, 0.1) is 17.2 Å². The summed E-state index contributed by atoms with van der Waals surface area (Å²) in [5.74, 6) is -3.83. The number of nitrogens with one attached hydrogen (secondary N) is 1. The summed E-state index contributed by atoms with van der Waals surface area (Å²) in [7, 11) is -2.59. The number of carbonyl (C=O) groups excluding carboxylic acids is 1. The van der Waals surface area contributed by atoms with E-state index in [-0.39, 0.29) is 23.4 Å². The number of rotatable bonds is 7. The summed E-state index contributed by atoms with van der Waals surface area (Å²) in [6, 6.07) is 6.30. The molecule has 3 saturated carbocycles. The van der Waals surface area contributed by atoms with Gasteiger partial charge in [-0.3, -0.25) is 4.79 Å². The van der Waals surface area contributed by atoms with Gasteiger partial charge in [-0.05, 0) is 49.3 Å². The van der Waals surface area contributed by atoms with E-state index in [1.54, 1.807) is 24.3 Å². The van der Waals surface area contributed by atoms with Crippen molar-refractivity contribution in [3.8, 4) is 17.1 Å². The van der Waals surface area contributed by atoms with Gasteiger partial charge in [-0.1, -0.05) is 18.2 Å². The Balaban J connectivity index is 1.51. The zero-order valence-corrected chi connectivity index (χ0v) is 20.1. The SMILES string of the molecule is COc1cccc(-c2cccc(C[C@H]3[C@@H](NS(C)(=O)=O)C(F)(F)CN3C(=O)C34CC(C3)C4)c2F)n1. The molecule has 2 bridgehead atoms. The monoisotopic (exact) mass is 509 g/mol. The van der Waals surface area contributed by atoms with Crippen LogP contribution in [0.1, 0.15) is 24.8 Å². The van der Waals surface area contributed by atoms with Gasteiger partial charge >= 0.3 is 0 Å². The number of ether oxygens (including phenoxy) is 1. The van der Waals surface area contributed by atoms with E-state index >= 15 is 13.2 Å². The maximum absolute atomic E-state index is 15.6. The van der Waals surface area contributed by atoms with Gasteiger partial charge in [0.15, 0.2) is 0 Å². The molecule has 1 aromatic heterocycles. The van der Waals surface area contributed by atoms with Crippen molar-refractivity contribution in [3.63, 3.8) is 0 Å². The summed E-state index contributed by atoms with van der Waals surface area (Å²) in [4.78, 5) is 18.6. The number of nitrogens with zero attached hydrogens (tertiary/aromatic N) is 2. The average Bonchev–Trinajstić information content (AvgIpc) is 2.96. The first-order valence-corrected chi connectivity index (χ1v) is 13.3. The molecule has 11 heteroatoms. The number of sulfonamides is 1. The van der Waals surface area contributed by atoms with E-state index in [0.717, 1.165) is 11.2 Å². The number of pyridine rings is 1. The molecule has 2 heterocycles. The highest BCUT2D eigenvalue weighted by molar-refractivity contribution is 7.88. The Labute approximate surface area is 201 Å². The molecule has 4 aliphatic rings. The fourth-order valence-electron chi connectivity index (χ4n) is 5.63. The topological polar surface area (TPSA) is 88.6 Å². The van der Waals surface area contributed by atoms with Crippen LogP contribution in [0.15, 0.2) is 36.4 Å². The third-order valence-electron chi connectivity index (χ3n) is 7.43. The fraction of sp³-hybridized carbons (Fsp3) is 0.500. The molecule has 4 fully saturated rings. The predicted molar refractivity (Wildman–Crippen MR) is 122 cm³/mol. The first kappa shape index (κ1) is 24.1. The third-order valence-corrected chi connectivity index (χ3v) is 8.11. The van der Waals surface area contributed by atoms with Gasteiger partial charge in [0.25, 0.3) is 5.92 Å². The van der Waals surface area contributed by atoms with Crippen molar-refractivity contribution in [2.45, 2.75) is 43.7 Å². The lowest BCUT2D eigenvalue weighted by atomic mass is 9.44. The van der Waals surface area contributed by atoms with Gasteiger partial charge in [-0.2, -0.15) is 0 Å². The number of hydrogen-bond acceptors (Lipinski definition) is 5. The van der Waals surface area contributed by atoms with E-state index in [4.69, 9.17) is 4.74 Å². The number of aromatic nitrogens is 1. The number of benzene rings is 1. The van der Waals surface area contributed by atoms with Crippen molar-refractivity contribution in [2.75, 3.05) is 19.9 Å². The Morgan fingerprint density at radius 1 is 1.20 bits per heavy atom. The minimum atomic E-state index is -4.02. The van der Waals surface area contributed by atoms with Crippen LogP contribution in [-0.4, -0.2) is 62.1 Å². The normalized spacial score (nSPS) is 28.8. The highest BCUT2D eigenvalue weighted by Crippen LogP contribution is 2.65. The van der Waals surface area contributed by atoms with Gasteiger partial charge in [-0.15, -0.1) is 0 Å². The molecule has 1 aliphatic heterocycles. The van der Waals surface area contributed by atoms with E-state index in [0.29, 0.717) is 30.9 Å². The van der Waals surface area contributed by atoms with Gasteiger partial charge in [-0.25, -0.2) is 31.3 Å². The number of hydrogen-bond donors (Lipinski definition) is 1. The van der Waals surface area contributed by atoms with Gasteiger partial charge in [0.05, 0.1) is 37.1 Å². The minimum Gasteiger partial charge on any atom is -0.481 e. The third kappa shape index (κ3) is 4.18. The summed E-state index contributed by atoms with van der Waals surface area (Å²) in [6.45, 7) is -0.908. The molecule has 1 N–H and O–H groups in total. The molecule has 1 saturated heterocycles. The second kappa shape index (κ2) is 8.19. The van der Waals surface area contributed by atoms with Crippen LogP contribution in [0.4, 0.5) is 13.2 Å².